The van der Waals surface area contributed by atoms with Crippen molar-refractivity contribution in [1.29, 1.82) is 0 Å². The lowest BCUT2D eigenvalue weighted by Gasteiger charge is -2.33. The van der Waals surface area contributed by atoms with Crippen LogP contribution in [0.4, 0.5) is 13.6 Å². The number of halogens is 2. The van der Waals surface area contributed by atoms with Crippen molar-refractivity contribution in [3.05, 3.63) is 0 Å². The molecule has 3 saturated heterocycles. The number of rotatable bonds is 0. The van der Waals surface area contributed by atoms with Crippen LogP contribution in [0.1, 0.15) is 40.5 Å². The first-order valence-corrected chi connectivity index (χ1v) is 9.12. The number of nitrogens with zero attached hydrogens (tertiary/aromatic N) is 3. The maximum absolute atomic E-state index is 12.7. The molecule has 2 bridgehead atoms. The summed E-state index contributed by atoms with van der Waals surface area (Å²) in [4.78, 5) is 17.7. The minimum absolute atomic E-state index is 0.0529. The van der Waals surface area contributed by atoms with Gasteiger partial charge in [-0.2, -0.15) is 0 Å². The lowest BCUT2D eigenvalue weighted by molar-refractivity contribution is -0.0745. The third-order valence-electron chi connectivity index (χ3n) is 4.91. The number of hydrogen-bond donors (Lipinski definition) is 0. The molecule has 0 N–H and O–H groups in total. The van der Waals surface area contributed by atoms with Crippen LogP contribution in [0.5, 0.6) is 0 Å². The molecular weight excluding hydrogens is 328 g/mol. The molecule has 0 spiro atoms. The Labute approximate surface area is 150 Å². The SMILES string of the molecule is CC1CN(C)CC(F)(F)C1.CN1C[C@H]2CC1CN2C(=O)OC(C)(C)C. The molecule has 146 valence electrons. The van der Waals surface area contributed by atoms with Crippen LogP contribution in [0.2, 0.25) is 0 Å². The summed E-state index contributed by atoms with van der Waals surface area (Å²) in [6.07, 6.45) is 1.01. The third kappa shape index (κ3) is 5.78. The third-order valence-corrected chi connectivity index (χ3v) is 4.91. The second-order valence-electron chi connectivity index (χ2n) is 8.98. The van der Waals surface area contributed by atoms with Gasteiger partial charge in [0.25, 0.3) is 5.92 Å². The van der Waals surface area contributed by atoms with E-state index in [4.69, 9.17) is 4.74 Å². The molecule has 0 saturated carbocycles. The van der Waals surface area contributed by atoms with Gasteiger partial charge in [-0.3, -0.25) is 4.90 Å². The molecule has 3 fully saturated rings. The number of piperazine rings is 1. The molecule has 3 heterocycles. The van der Waals surface area contributed by atoms with Crippen molar-refractivity contribution in [2.45, 2.75) is 64.1 Å². The Morgan fingerprint density at radius 1 is 1.12 bits per heavy atom. The van der Waals surface area contributed by atoms with E-state index in [-0.39, 0.29) is 30.6 Å². The molecule has 0 aromatic heterocycles. The number of carbonyl (C=O) groups is 1. The Morgan fingerprint density at radius 3 is 2.16 bits per heavy atom. The van der Waals surface area contributed by atoms with Crippen LogP contribution in [-0.4, -0.2) is 84.7 Å². The van der Waals surface area contributed by atoms with E-state index < -0.39 is 5.92 Å². The highest BCUT2D eigenvalue weighted by Gasteiger charge is 2.44. The molecule has 0 radical (unpaired) electrons. The molecule has 0 aromatic rings. The van der Waals surface area contributed by atoms with Gasteiger partial charge in [-0.05, 0) is 47.2 Å². The first kappa shape index (κ1) is 20.4. The van der Waals surface area contributed by atoms with Gasteiger partial charge in [-0.25, -0.2) is 13.6 Å². The van der Waals surface area contributed by atoms with Crippen molar-refractivity contribution < 1.29 is 18.3 Å². The molecule has 3 aliphatic rings. The molecule has 2 unspecified atom stereocenters. The van der Waals surface area contributed by atoms with E-state index in [1.54, 1.807) is 11.9 Å². The minimum Gasteiger partial charge on any atom is -0.444 e. The van der Waals surface area contributed by atoms with Crippen molar-refractivity contribution in [1.82, 2.24) is 14.7 Å². The van der Waals surface area contributed by atoms with E-state index in [0.717, 1.165) is 26.1 Å². The van der Waals surface area contributed by atoms with Crippen LogP contribution in [0.3, 0.4) is 0 Å². The van der Waals surface area contributed by atoms with E-state index in [1.807, 2.05) is 32.6 Å². The summed E-state index contributed by atoms with van der Waals surface area (Å²) < 4.78 is 30.7. The van der Waals surface area contributed by atoms with E-state index in [0.29, 0.717) is 12.1 Å². The van der Waals surface area contributed by atoms with Gasteiger partial charge in [0.05, 0.1) is 6.54 Å². The average molecular weight is 361 g/mol. The smallest absolute Gasteiger partial charge is 0.410 e. The summed E-state index contributed by atoms with van der Waals surface area (Å²) in [5, 5.41) is 0. The van der Waals surface area contributed by atoms with E-state index in [9.17, 15) is 13.6 Å². The van der Waals surface area contributed by atoms with Crippen LogP contribution in [0.15, 0.2) is 0 Å². The molecule has 5 nitrogen and oxygen atoms in total. The first-order valence-electron chi connectivity index (χ1n) is 9.12. The van der Waals surface area contributed by atoms with Crippen molar-refractivity contribution in [3.8, 4) is 0 Å². The normalized spacial score (nSPS) is 32.3. The van der Waals surface area contributed by atoms with Crippen LogP contribution >= 0.6 is 0 Å². The molecule has 0 aromatic carbocycles. The van der Waals surface area contributed by atoms with Gasteiger partial charge in [0.1, 0.15) is 5.60 Å². The van der Waals surface area contributed by atoms with E-state index >= 15 is 0 Å². The monoisotopic (exact) mass is 361 g/mol. The Bertz CT molecular complexity index is 467. The molecule has 3 aliphatic heterocycles. The minimum atomic E-state index is -2.45. The lowest BCUT2D eigenvalue weighted by atomic mass is 9.98. The maximum atomic E-state index is 12.7. The molecule has 1 amide bonds. The molecule has 3 atom stereocenters. The number of piperidine rings is 1. The first-order chi connectivity index (χ1) is 11.4. The quantitative estimate of drug-likeness (QED) is 0.665. The van der Waals surface area contributed by atoms with Gasteiger partial charge in [0.15, 0.2) is 0 Å². The standard InChI is InChI=1S/C11H20N2O2.C7H13F2N/c1-11(2,3)15-10(14)13-7-8-5-9(13)6-12(8)4;1-6-3-7(8,9)5-10(2)4-6/h8-9H,5-7H2,1-4H3;6H,3-5H2,1-2H3/t8?,9-;/m1./s1. The summed E-state index contributed by atoms with van der Waals surface area (Å²) in [7, 11) is 3.86. The number of likely N-dealkylation sites (N-methyl/N-ethyl adjacent to an activating group) is 1. The summed E-state index contributed by atoms with van der Waals surface area (Å²) in [5.74, 6) is -2.32. The summed E-state index contributed by atoms with van der Waals surface area (Å²) in [6.45, 7) is 10.1. The fourth-order valence-electron chi connectivity index (χ4n) is 4.04. The zero-order chi connectivity index (χ0) is 19.0. The number of fused-ring (bicyclic) bond motifs is 2. The second-order valence-corrected chi connectivity index (χ2v) is 8.98. The molecule has 25 heavy (non-hydrogen) atoms. The van der Waals surface area contributed by atoms with Gasteiger partial charge in [-0.15, -0.1) is 0 Å². The molecule has 0 aliphatic carbocycles. The second kappa shape index (κ2) is 7.35. The van der Waals surface area contributed by atoms with Crippen LogP contribution in [0, 0.1) is 5.92 Å². The topological polar surface area (TPSA) is 36.0 Å². The Kier molecular flexibility index (Phi) is 5.99. The van der Waals surface area contributed by atoms with Crippen LogP contribution in [-0.2, 0) is 4.74 Å². The average Bonchev–Trinajstić information content (AvgIpc) is 2.92. The van der Waals surface area contributed by atoms with Gasteiger partial charge >= 0.3 is 6.09 Å². The largest absolute Gasteiger partial charge is 0.444 e. The zero-order valence-corrected chi connectivity index (χ0v) is 16.4. The van der Waals surface area contributed by atoms with Crippen molar-refractivity contribution in [2.24, 2.45) is 5.92 Å². The van der Waals surface area contributed by atoms with Crippen molar-refractivity contribution in [3.63, 3.8) is 0 Å². The number of likely N-dealkylation sites (tertiary alicyclic amines) is 3. The van der Waals surface area contributed by atoms with Gasteiger partial charge in [-0.1, -0.05) is 6.92 Å². The Hall–Kier alpha value is -0.950. The Morgan fingerprint density at radius 2 is 1.76 bits per heavy atom. The van der Waals surface area contributed by atoms with Gasteiger partial charge < -0.3 is 14.5 Å². The molecule has 3 rings (SSSR count). The number of hydrogen-bond acceptors (Lipinski definition) is 4. The van der Waals surface area contributed by atoms with Crippen molar-refractivity contribution in [2.75, 3.05) is 40.3 Å². The molecular formula is C18H33F2N3O2. The molecule has 7 heteroatoms. The highest BCUT2D eigenvalue weighted by atomic mass is 19.3. The number of carbonyl (C=O) groups excluding carboxylic acids is 1. The van der Waals surface area contributed by atoms with E-state index in [2.05, 4.69) is 11.9 Å². The van der Waals surface area contributed by atoms with Crippen LogP contribution < -0.4 is 0 Å². The summed E-state index contributed by atoms with van der Waals surface area (Å²) in [5.41, 5.74) is -0.384. The highest BCUT2D eigenvalue weighted by molar-refractivity contribution is 5.69. The lowest BCUT2D eigenvalue weighted by Crippen LogP contribution is -2.48. The number of ether oxygens (including phenoxy) is 1. The fourth-order valence-corrected chi connectivity index (χ4v) is 4.04. The zero-order valence-electron chi connectivity index (χ0n) is 16.4. The van der Waals surface area contributed by atoms with Gasteiger partial charge in [0, 0.05) is 38.1 Å². The predicted octanol–water partition coefficient (Wildman–Crippen LogP) is 2.90. The predicted molar refractivity (Wildman–Crippen MR) is 94.0 cm³/mol. The van der Waals surface area contributed by atoms with Crippen molar-refractivity contribution >= 4 is 6.09 Å². The number of amides is 1. The summed E-state index contributed by atoms with van der Waals surface area (Å²) >= 11 is 0. The highest BCUT2D eigenvalue weighted by Crippen LogP contribution is 2.30. The Balaban J connectivity index is 0.000000196. The van der Waals surface area contributed by atoms with Crippen LogP contribution in [0.25, 0.3) is 0 Å². The number of alkyl halides is 2. The van der Waals surface area contributed by atoms with E-state index in [1.165, 1.54) is 0 Å². The fraction of sp³-hybridized carbons (Fsp3) is 0.944. The maximum Gasteiger partial charge on any atom is 0.410 e. The van der Waals surface area contributed by atoms with Gasteiger partial charge in [0.2, 0.25) is 0 Å². The summed E-state index contributed by atoms with van der Waals surface area (Å²) in [6, 6.07) is 0.914.